The second-order valence-electron chi connectivity index (χ2n) is 10.7. The highest BCUT2D eigenvalue weighted by molar-refractivity contribution is 5.88. The monoisotopic (exact) mass is 386 g/mol. The number of carbonyl (C=O) groups is 1. The summed E-state index contributed by atoms with van der Waals surface area (Å²) in [4.78, 5) is 18.3. The first-order valence-electron chi connectivity index (χ1n) is 11.1. The van der Waals surface area contributed by atoms with Gasteiger partial charge in [0.1, 0.15) is 5.78 Å². The van der Waals surface area contributed by atoms with Crippen LogP contribution in [0.15, 0.2) is 17.3 Å². The second kappa shape index (κ2) is 6.15. The van der Waals surface area contributed by atoms with E-state index in [1.54, 1.807) is 0 Å². The van der Waals surface area contributed by atoms with E-state index in [2.05, 4.69) is 30.9 Å². The quantitative estimate of drug-likeness (QED) is 0.565. The van der Waals surface area contributed by atoms with Crippen molar-refractivity contribution in [3.8, 4) is 0 Å². The number of aliphatic hydroxyl groups is 1. The summed E-state index contributed by atoms with van der Waals surface area (Å²) in [6.45, 7) is 10.7. The van der Waals surface area contributed by atoms with Gasteiger partial charge in [0.15, 0.2) is 6.10 Å². The van der Waals surface area contributed by atoms with E-state index in [0.717, 1.165) is 57.3 Å². The van der Waals surface area contributed by atoms with Crippen LogP contribution in [0.25, 0.3) is 0 Å². The molecule has 0 bridgehead atoms. The van der Waals surface area contributed by atoms with Crippen molar-refractivity contribution in [3.05, 3.63) is 12.2 Å². The van der Waals surface area contributed by atoms with Crippen LogP contribution in [-0.2, 0) is 9.63 Å². The zero-order valence-corrected chi connectivity index (χ0v) is 17.3. The lowest BCUT2D eigenvalue weighted by Crippen LogP contribution is -2.63. The van der Waals surface area contributed by atoms with Gasteiger partial charge in [-0.2, -0.15) is 0 Å². The summed E-state index contributed by atoms with van der Waals surface area (Å²) >= 11 is 0. The molecule has 5 rings (SSSR count). The Morgan fingerprint density at radius 3 is 2.64 bits per heavy atom. The van der Waals surface area contributed by atoms with Crippen LogP contribution in [0.2, 0.25) is 0 Å². The molecule has 0 aromatic rings. The Balaban J connectivity index is 1.42. The van der Waals surface area contributed by atoms with Crippen LogP contribution >= 0.6 is 0 Å². The summed E-state index contributed by atoms with van der Waals surface area (Å²) in [5.41, 5.74) is 1.07. The SMILES string of the molecule is C=C1C[C@@]2(O)C/C(=N\OC3CNC3)CC[C@]2(C)[C@H]2CC[C@]3(C)C(=O)CC[C@H]3[C@H]12. The molecule has 28 heavy (non-hydrogen) atoms. The van der Waals surface area contributed by atoms with Gasteiger partial charge in [-0.1, -0.05) is 31.2 Å². The van der Waals surface area contributed by atoms with Crippen molar-refractivity contribution in [2.45, 2.75) is 76.9 Å². The molecule has 1 aliphatic heterocycles. The summed E-state index contributed by atoms with van der Waals surface area (Å²) < 4.78 is 0. The average molecular weight is 387 g/mol. The maximum Gasteiger partial charge on any atom is 0.152 e. The van der Waals surface area contributed by atoms with Gasteiger partial charge in [-0.15, -0.1) is 0 Å². The third-order valence-corrected chi connectivity index (χ3v) is 9.36. The summed E-state index contributed by atoms with van der Waals surface area (Å²) in [7, 11) is 0. The van der Waals surface area contributed by atoms with E-state index in [1.807, 2.05) is 0 Å². The van der Waals surface area contributed by atoms with Crippen LogP contribution in [0.5, 0.6) is 0 Å². The van der Waals surface area contributed by atoms with Crippen LogP contribution < -0.4 is 5.32 Å². The molecule has 0 aromatic heterocycles. The number of hydrogen-bond acceptors (Lipinski definition) is 5. The molecule has 0 unspecified atom stereocenters. The van der Waals surface area contributed by atoms with Crippen molar-refractivity contribution in [3.63, 3.8) is 0 Å². The van der Waals surface area contributed by atoms with Crippen LogP contribution in [0.1, 0.15) is 65.2 Å². The fourth-order valence-corrected chi connectivity index (χ4v) is 7.31. The lowest BCUT2D eigenvalue weighted by Gasteiger charge is -2.63. The van der Waals surface area contributed by atoms with E-state index in [9.17, 15) is 9.90 Å². The van der Waals surface area contributed by atoms with Crippen LogP contribution in [0, 0.1) is 28.6 Å². The minimum Gasteiger partial charge on any atom is -0.390 e. The summed E-state index contributed by atoms with van der Waals surface area (Å²) in [6.07, 6.45) is 6.96. The molecule has 5 nitrogen and oxygen atoms in total. The molecule has 6 atom stereocenters. The number of nitrogens with zero attached hydrogens (tertiary/aromatic N) is 1. The third-order valence-electron chi connectivity index (χ3n) is 9.36. The van der Waals surface area contributed by atoms with Crippen molar-refractivity contribution >= 4 is 11.5 Å². The number of Topliss-reactive ketones (excluding diaryl/α,β-unsaturated/α-hetero) is 1. The van der Waals surface area contributed by atoms with E-state index in [0.29, 0.717) is 36.4 Å². The molecule has 4 aliphatic carbocycles. The molecule has 2 N–H and O–H groups in total. The van der Waals surface area contributed by atoms with Gasteiger partial charge in [0.05, 0.1) is 11.3 Å². The fourth-order valence-electron chi connectivity index (χ4n) is 7.31. The third kappa shape index (κ3) is 2.44. The molecule has 5 fully saturated rings. The van der Waals surface area contributed by atoms with Crippen LogP contribution in [-0.4, -0.2) is 41.4 Å². The number of ketones is 1. The largest absolute Gasteiger partial charge is 0.390 e. The first kappa shape index (κ1) is 18.8. The highest BCUT2D eigenvalue weighted by Gasteiger charge is 2.65. The second-order valence-corrected chi connectivity index (χ2v) is 10.7. The highest BCUT2D eigenvalue weighted by Crippen LogP contribution is 2.67. The number of hydrogen-bond donors (Lipinski definition) is 2. The Kier molecular flexibility index (Phi) is 4.13. The Labute approximate surface area is 168 Å². The molecule has 0 spiro atoms. The summed E-state index contributed by atoms with van der Waals surface area (Å²) in [5.74, 6) is 1.67. The smallest absolute Gasteiger partial charge is 0.152 e. The number of oxime groups is 1. The predicted octanol–water partition coefficient (Wildman–Crippen LogP) is 3.22. The molecule has 0 aromatic carbocycles. The molecule has 1 heterocycles. The van der Waals surface area contributed by atoms with E-state index >= 15 is 0 Å². The van der Waals surface area contributed by atoms with Gasteiger partial charge in [-0.05, 0) is 56.3 Å². The van der Waals surface area contributed by atoms with Gasteiger partial charge in [-0.3, -0.25) is 4.79 Å². The van der Waals surface area contributed by atoms with Crippen molar-refractivity contribution in [1.29, 1.82) is 0 Å². The Bertz CT molecular complexity index is 744. The number of nitrogens with one attached hydrogen (secondary N) is 1. The summed E-state index contributed by atoms with van der Waals surface area (Å²) in [5, 5.41) is 19.5. The van der Waals surface area contributed by atoms with Gasteiger partial charge >= 0.3 is 0 Å². The van der Waals surface area contributed by atoms with Gasteiger partial charge in [0.2, 0.25) is 0 Å². The van der Waals surface area contributed by atoms with Gasteiger partial charge in [0, 0.05) is 36.8 Å². The molecule has 4 saturated carbocycles. The lowest BCUT2D eigenvalue weighted by molar-refractivity contribution is -0.170. The minimum absolute atomic E-state index is 0.136. The van der Waals surface area contributed by atoms with E-state index in [-0.39, 0.29) is 16.9 Å². The summed E-state index contributed by atoms with van der Waals surface area (Å²) in [6, 6.07) is 0. The molecule has 5 aliphatic rings. The zero-order valence-electron chi connectivity index (χ0n) is 17.3. The Morgan fingerprint density at radius 1 is 1.14 bits per heavy atom. The normalized spacial score (nSPS) is 50.0. The van der Waals surface area contributed by atoms with Crippen molar-refractivity contribution in [2.75, 3.05) is 13.1 Å². The van der Waals surface area contributed by atoms with E-state index in [4.69, 9.17) is 4.84 Å². The molecular weight excluding hydrogens is 352 g/mol. The van der Waals surface area contributed by atoms with Crippen LogP contribution in [0.4, 0.5) is 0 Å². The molecule has 0 radical (unpaired) electrons. The number of fused-ring (bicyclic) bond motifs is 5. The standard InChI is InChI=1S/C23H34N2O3/c1-14-10-23(27)11-15(25-28-16-12-24-13-16)6-9-22(23,3)18-7-8-21(2)17(20(14)18)4-5-19(21)26/h16-18,20,24,27H,1,4-13H2,2-3H3/b25-15-/t17-,18-,20-,21-,22+,23+/m0/s1. The Morgan fingerprint density at radius 2 is 1.93 bits per heavy atom. The fraction of sp³-hybridized carbons (Fsp3) is 0.826. The molecule has 0 amide bonds. The van der Waals surface area contributed by atoms with Crippen molar-refractivity contribution in [1.82, 2.24) is 5.32 Å². The molecule has 154 valence electrons. The average Bonchev–Trinajstić information content (AvgIpc) is 2.90. The maximum absolute atomic E-state index is 12.6. The highest BCUT2D eigenvalue weighted by atomic mass is 16.6. The first-order chi connectivity index (χ1) is 13.3. The topological polar surface area (TPSA) is 70.9 Å². The maximum atomic E-state index is 12.6. The van der Waals surface area contributed by atoms with E-state index < -0.39 is 5.60 Å². The van der Waals surface area contributed by atoms with Crippen LogP contribution in [0.3, 0.4) is 0 Å². The van der Waals surface area contributed by atoms with Crippen molar-refractivity contribution in [2.24, 2.45) is 33.7 Å². The molecular formula is C23H34N2O3. The Hall–Kier alpha value is -1.20. The number of rotatable bonds is 2. The van der Waals surface area contributed by atoms with Gasteiger partial charge in [-0.25, -0.2) is 0 Å². The predicted molar refractivity (Wildman–Crippen MR) is 108 cm³/mol. The molecule has 1 saturated heterocycles. The van der Waals surface area contributed by atoms with Gasteiger partial charge < -0.3 is 15.3 Å². The first-order valence-corrected chi connectivity index (χ1v) is 11.1. The zero-order chi connectivity index (χ0) is 19.7. The van der Waals surface area contributed by atoms with Crippen molar-refractivity contribution < 1.29 is 14.7 Å². The van der Waals surface area contributed by atoms with E-state index in [1.165, 1.54) is 5.57 Å². The molecule has 5 heteroatoms. The lowest BCUT2D eigenvalue weighted by atomic mass is 9.43. The minimum atomic E-state index is -0.792. The van der Waals surface area contributed by atoms with Gasteiger partial charge in [0.25, 0.3) is 0 Å². The number of carbonyl (C=O) groups excluding carboxylic acids is 1.